The number of piperidine rings is 1. The molecule has 1 aliphatic rings. The average Bonchev–Trinajstić information content (AvgIpc) is 2.85. The van der Waals surface area contributed by atoms with E-state index in [9.17, 15) is 4.79 Å². The van der Waals surface area contributed by atoms with Crippen molar-refractivity contribution in [3.05, 3.63) is 47.0 Å². The van der Waals surface area contributed by atoms with Crippen LogP contribution in [0.25, 0.3) is 0 Å². The number of aryl methyl sites for hydroxylation is 3. The predicted molar refractivity (Wildman–Crippen MR) is 93.7 cm³/mol. The van der Waals surface area contributed by atoms with Crippen LogP contribution >= 0.6 is 0 Å². The summed E-state index contributed by atoms with van der Waals surface area (Å²) >= 11 is 0. The molecule has 0 radical (unpaired) electrons. The van der Waals surface area contributed by atoms with Gasteiger partial charge < -0.3 is 4.90 Å². The van der Waals surface area contributed by atoms with Crippen LogP contribution < -0.4 is 0 Å². The van der Waals surface area contributed by atoms with Gasteiger partial charge in [-0.3, -0.25) is 14.5 Å². The third-order valence-corrected chi connectivity index (χ3v) is 4.84. The SMILES string of the molecule is Cc1cc(CC2CCN(C(=O)Cn3nc(C)cc3C)CC2)ccn1. The van der Waals surface area contributed by atoms with Crippen LogP contribution in [0.2, 0.25) is 0 Å². The molecule has 1 saturated heterocycles. The number of hydrogen-bond donors (Lipinski definition) is 0. The molecule has 0 spiro atoms. The van der Waals surface area contributed by atoms with Crippen LogP contribution in [0.5, 0.6) is 0 Å². The Labute approximate surface area is 143 Å². The van der Waals surface area contributed by atoms with E-state index >= 15 is 0 Å². The number of pyridine rings is 1. The summed E-state index contributed by atoms with van der Waals surface area (Å²) in [5.41, 5.74) is 4.44. The van der Waals surface area contributed by atoms with Gasteiger partial charge in [0.05, 0.1) is 5.69 Å². The standard InChI is InChI=1S/C19H26N4O/c1-14-11-18(4-7-20-14)12-17-5-8-22(9-6-17)19(24)13-23-16(3)10-15(2)21-23/h4,7,10-11,17H,5-6,8-9,12-13H2,1-3H3. The molecule has 5 heteroatoms. The highest BCUT2D eigenvalue weighted by Crippen LogP contribution is 2.22. The summed E-state index contributed by atoms with van der Waals surface area (Å²) in [5, 5.41) is 4.39. The normalized spacial score (nSPS) is 15.7. The third kappa shape index (κ3) is 4.02. The van der Waals surface area contributed by atoms with E-state index in [-0.39, 0.29) is 5.91 Å². The Morgan fingerprint density at radius 3 is 2.54 bits per heavy atom. The fraction of sp³-hybridized carbons (Fsp3) is 0.526. The molecule has 5 nitrogen and oxygen atoms in total. The quantitative estimate of drug-likeness (QED) is 0.868. The van der Waals surface area contributed by atoms with Gasteiger partial charge in [0, 0.05) is 30.7 Å². The minimum absolute atomic E-state index is 0.180. The van der Waals surface area contributed by atoms with Crippen molar-refractivity contribution in [1.29, 1.82) is 0 Å². The second-order valence-corrected chi connectivity index (χ2v) is 6.92. The van der Waals surface area contributed by atoms with Crippen LogP contribution in [-0.2, 0) is 17.8 Å². The predicted octanol–water partition coefficient (Wildman–Crippen LogP) is 2.68. The van der Waals surface area contributed by atoms with Crippen molar-refractivity contribution in [1.82, 2.24) is 19.7 Å². The zero-order valence-corrected chi connectivity index (χ0v) is 14.8. The van der Waals surface area contributed by atoms with E-state index in [2.05, 4.69) is 22.2 Å². The van der Waals surface area contributed by atoms with Crippen LogP contribution in [0.15, 0.2) is 24.4 Å². The number of aromatic nitrogens is 3. The molecule has 0 N–H and O–H groups in total. The van der Waals surface area contributed by atoms with E-state index in [4.69, 9.17) is 0 Å². The molecule has 1 amide bonds. The summed E-state index contributed by atoms with van der Waals surface area (Å²) in [5.74, 6) is 0.837. The molecule has 2 aromatic rings. The number of carbonyl (C=O) groups is 1. The first-order chi connectivity index (χ1) is 11.5. The van der Waals surface area contributed by atoms with E-state index in [0.29, 0.717) is 12.5 Å². The topological polar surface area (TPSA) is 51.0 Å². The lowest BCUT2D eigenvalue weighted by molar-refractivity contribution is -0.133. The van der Waals surface area contributed by atoms with Crippen molar-refractivity contribution in [2.24, 2.45) is 5.92 Å². The molecule has 1 aliphatic heterocycles. The molecular formula is C19H26N4O. The first-order valence-corrected chi connectivity index (χ1v) is 8.71. The van der Waals surface area contributed by atoms with E-state index in [1.807, 2.05) is 42.6 Å². The van der Waals surface area contributed by atoms with Crippen molar-refractivity contribution in [2.75, 3.05) is 13.1 Å². The summed E-state index contributed by atoms with van der Waals surface area (Å²) in [4.78, 5) is 18.7. The summed E-state index contributed by atoms with van der Waals surface area (Å²) in [6.07, 6.45) is 5.12. The number of rotatable bonds is 4. The maximum atomic E-state index is 12.5. The lowest BCUT2D eigenvalue weighted by atomic mass is 9.90. The molecule has 0 aromatic carbocycles. The Morgan fingerprint density at radius 1 is 1.17 bits per heavy atom. The van der Waals surface area contributed by atoms with Crippen molar-refractivity contribution in [2.45, 2.75) is 46.6 Å². The Hall–Kier alpha value is -2.17. The van der Waals surface area contributed by atoms with E-state index in [0.717, 1.165) is 49.4 Å². The molecule has 24 heavy (non-hydrogen) atoms. The Bertz CT molecular complexity index is 714. The molecule has 3 rings (SSSR count). The average molecular weight is 326 g/mol. The van der Waals surface area contributed by atoms with E-state index < -0.39 is 0 Å². The van der Waals surface area contributed by atoms with Gasteiger partial charge in [0.2, 0.25) is 5.91 Å². The van der Waals surface area contributed by atoms with Gasteiger partial charge in [-0.2, -0.15) is 5.10 Å². The smallest absolute Gasteiger partial charge is 0.244 e. The monoisotopic (exact) mass is 326 g/mol. The summed E-state index contributed by atoms with van der Waals surface area (Å²) < 4.78 is 1.81. The van der Waals surface area contributed by atoms with Gasteiger partial charge in [0.15, 0.2) is 0 Å². The zero-order chi connectivity index (χ0) is 17.1. The molecule has 0 bridgehead atoms. The van der Waals surface area contributed by atoms with Gasteiger partial charge >= 0.3 is 0 Å². The number of hydrogen-bond acceptors (Lipinski definition) is 3. The zero-order valence-electron chi connectivity index (χ0n) is 14.8. The molecule has 2 aromatic heterocycles. The van der Waals surface area contributed by atoms with Crippen molar-refractivity contribution in [3.8, 4) is 0 Å². The number of amides is 1. The Kier molecular flexibility index (Phi) is 4.97. The van der Waals surface area contributed by atoms with Gasteiger partial charge in [-0.1, -0.05) is 0 Å². The Morgan fingerprint density at radius 2 is 1.92 bits per heavy atom. The van der Waals surface area contributed by atoms with Crippen molar-refractivity contribution >= 4 is 5.91 Å². The number of nitrogens with zero attached hydrogens (tertiary/aromatic N) is 4. The minimum atomic E-state index is 0.180. The molecule has 3 heterocycles. The van der Waals surface area contributed by atoms with E-state index in [1.54, 1.807) is 0 Å². The van der Waals surface area contributed by atoms with Gasteiger partial charge in [0.1, 0.15) is 6.54 Å². The van der Waals surface area contributed by atoms with Crippen LogP contribution in [0, 0.1) is 26.7 Å². The van der Waals surface area contributed by atoms with Gasteiger partial charge in [-0.05, 0) is 69.7 Å². The maximum absolute atomic E-state index is 12.5. The van der Waals surface area contributed by atoms with Crippen LogP contribution in [-0.4, -0.2) is 38.7 Å². The fourth-order valence-electron chi connectivity index (χ4n) is 3.51. The molecule has 0 aliphatic carbocycles. The molecule has 1 fully saturated rings. The van der Waals surface area contributed by atoms with Crippen LogP contribution in [0.4, 0.5) is 0 Å². The summed E-state index contributed by atoms with van der Waals surface area (Å²) in [7, 11) is 0. The Balaban J connectivity index is 1.51. The lowest BCUT2D eigenvalue weighted by Gasteiger charge is -2.32. The number of likely N-dealkylation sites (tertiary alicyclic amines) is 1. The highest BCUT2D eigenvalue weighted by Gasteiger charge is 2.23. The molecule has 0 saturated carbocycles. The molecule has 0 atom stereocenters. The maximum Gasteiger partial charge on any atom is 0.244 e. The summed E-state index contributed by atoms with van der Waals surface area (Å²) in [6.45, 7) is 8.05. The van der Waals surface area contributed by atoms with Crippen molar-refractivity contribution < 1.29 is 4.79 Å². The first-order valence-electron chi connectivity index (χ1n) is 8.71. The van der Waals surface area contributed by atoms with Gasteiger partial charge in [0.25, 0.3) is 0 Å². The minimum Gasteiger partial charge on any atom is -0.341 e. The fourth-order valence-corrected chi connectivity index (χ4v) is 3.51. The van der Waals surface area contributed by atoms with Crippen LogP contribution in [0.3, 0.4) is 0 Å². The largest absolute Gasteiger partial charge is 0.341 e. The van der Waals surface area contributed by atoms with E-state index in [1.165, 1.54) is 5.56 Å². The molecule has 128 valence electrons. The summed E-state index contributed by atoms with van der Waals surface area (Å²) in [6, 6.07) is 6.28. The molecular weight excluding hydrogens is 300 g/mol. The highest BCUT2D eigenvalue weighted by molar-refractivity contribution is 5.76. The number of carbonyl (C=O) groups excluding carboxylic acids is 1. The third-order valence-electron chi connectivity index (χ3n) is 4.84. The second-order valence-electron chi connectivity index (χ2n) is 6.92. The lowest BCUT2D eigenvalue weighted by Crippen LogP contribution is -2.40. The van der Waals surface area contributed by atoms with Gasteiger partial charge in [-0.15, -0.1) is 0 Å². The van der Waals surface area contributed by atoms with Crippen molar-refractivity contribution in [3.63, 3.8) is 0 Å². The first kappa shape index (κ1) is 16.7. The van der Waals surface area contributed by atoms with Crippen LogP contribution in [0.1, 0.15) is 35.5 Å². The van der Waals surface area contributed by atoms with Gasteiger partial charge in [-0.25, -0.2) is 0 Å². The second kappa shape index (κ2) is 7.16. The highest BCUT2D eigenvalue weighted by atomic mass is 16.2. The molecule has 0 unspecified atom stereocenters.